The summed E-state index contributed by atoms with van der Waals surface area (Å²) in [7, 11) is 2.17. The van der Waals surface area contributed by atoms with E-state index in [9.17, 15) is 14.7 Å². The van der Waals surface area contributed by atoms with E-state index in [0.29, 0.717) is 24.3 Å². The number of likely N-dealkylation sites (N-methyl/N-ethyl adjacent to an activating group) is 1. The van der Waals surface area contributed by atoms with Gasteiger partial charge in [0.15, 0.2) is 11.5 Å². The highest BCUT2D eigenvalue weighted by Crippen LogP contribution is 2.65. The summed E-state index contributed by atoms with van der Waals surface area (Å²) < 4.78 is 13.5. The Labute approximate surface area is 241 Å². The summed E-state index contributed by atoms with van der Waals surface area (Å²) in [6.07, 6.45) is 6.73. The lowest BCUT2D eigenvalue weighted by atomic mass is 9.51. The Morgan fingerprint density at radius 1 is 1.36 bits per heavy atom. The van der Waals surface area contributed by atoms with Crippen molar-refractivity contribution in [3.05, 3.63) is 44.1 Å². The van der Waals surface area contributed by atoms with Gasteiger partial charge in [-0.05, 0) is 79.2 Å². The number of aromatic hydroxyl groups is 1. The molecule has 5 atom stereocenters. The topological polar surface area (TPSA) is 79.3 Å². The van der Waals surface area contributed by atoms with Crippen molar-refractivity contribution in [2.75, 3.05) is 20.1 Å². The Balaban J connectivity index is 1.44. The number of phenolic OH excluding ortho intramolecular Hbond substituents is 1. The van der Waals surface area contributed by atoms with Crippen molar-refractivity contribution in [2.24, 2.45) is 11.8 Å². The number of carbonyl (C=O) groups excluding carboxylic acids is 2. The van der Waals surface area contributed by atoms with Crippen LogP contribution in [0.25, 0.3) is 6.08 Å². The number of benzene rings is 1. The molecule has 1 spiro atoms. The first-order chi connectivity index (χ1) is 18.6. The largest absolute Gasteiger partial charge is 0.508 e. The molecule has 4 aliphatic rings. The second-order valence-corrected chi connectivity index (χ2v) is 13.7. The molecule has 1 N–H and O–H groups in total. The number of piperidine rings is 1. The van der Waals surface area contributed by atoms with Crippen molar-refractivity contribution >= 4 is 45.2 Å². The fourth-order valence-electron chi connectivity index (χ4n) is 7.76. The number of amides is 1. The molecule has 39 heavy (non-hydrogen) atoms. The molecule has 7 nitrogen and oxygen atoms in total. The number of thiophene rings is 1. The molecule has 1 saturated carbocycles. The summed E-state index contributed by atoms with van der Waals surface area (Å²) in [5.74, 6) is 1.18. The number of ether oxygens (including phenoxy) is 2. The zero-order valence-electron chi connectivity index (χ0n) is 22.8. The third-order valence-electron chi connectivity index (χ3n) is 9.13. The third-order valence-corrected chi connectivity index (χ3v) is 10.8. The zero-order chi connectivity index (χ0) is 27.6. The molecule has 0 radical (unpaired) electrons. The molecule has 1 aromatic carbocycles. The van der Waals surface area contributed by atoms with Crippen LogP contribution >= 0.6 is 27.3 Å². The van der Waals surface area contributed by atoms with Gasteiger partial charge >= 0.3 is 5.97 Å². The van der Waals surface area contributed by atoms with Crippen molar-refractivity contribution < 1.29 is 24.2 Å². The van der Waals surface area contributed by atoms with Crippen LogP contribution in [0.2, 0.25) is 0 Å². The quantitative estimate of drug-likeness (QED) is 0.267. The minimum absolute atomic E-state index is 0.0174. The minimum atomic E-state index is -0.450. The highest BCUT2D eigenvalue weighted by Gasteiger charge is 2.67. The first-order valence-corrected chi connectivity index (χ1v) is 15.4. The summed E-state index contributed by atoms with van der Waals surface area (Å²) in [5.41, 5.74) is 1.58. The first-order valence-electron chi connectivity index (χ1n) is 13.8. The maximum Gasteiger partial charge on any atom is 0.308 e. The molecule has 208 valence electrons. The van der Waals surface area contributed by atoms with Crippen LogP contribution < -0.4 is 9.47 Å². The molecule has 1 amide bonds. The van der Waals surface area contributed by atoms with E-state index in [-0.39, 0.29) is 40.9 Å². The lowest BCUT2D eigenvalue weighted by Crippen LogP contribution is -2.68. The number of phenols is 1. The highest BCUT2D eigenvalue weighted by molar-refractivity contribution is 9.10. The maximum atomic E-state index is 13.8. The fourth-order valence-corrected chi connectivity index (χ4v) is 9.10. The Hall–Kier alpha value is -2.36. The predicted octanol–water partition coefficient (Wildman–Crippen LogP) is 5.38. The fraction of sp³-hybridized carbons (Fsp3) is 0.533. The number of esters is 1. The lowest BCUT2D eigenvalue weighted by Gasteiger charge is -2.60. The van der Waals surface area contributed by atoms with Crippen molar-refractivity contribution in [3.63, 3.8) is 0 Å². The Morgan fingerprint density at radius 2 is 2.15 bits per heavy atom. The van der Waals surface area contributed by atoms with E-state index in [1.807, 2.05) is 22.4 Å². The van der Waals surface area contributed by atoms with E-state index in [1.165, 1.54) is 13.0 Å². The molecule has 2 fully saturated rings. The van der Waals surface area contributed by atoms with Crippen molar-refractivity contribution in [1.29, 1.82) is 0 Å². The van der Waals surface area contributed by atoms with Gasteiger partial charge < -0.3 is 24.4 Å². The molecular formula is C30H35BrN2O5S. The smallest absolute Gasteiger partial charge is 0.308 e. The van der Waals surface area contributed by atoms with Gasteiger partial charge in [-0.2, -0.15) is 0 Å². The van der Waals surface area contributed by atoms with Gasteiger partial charge in [-0.1, -0.05) is 13.8 Å². The molecule has 1 saturated heterocycles. The van der Waals surface area contributed by atoms with Crippen LogP contribution in [0, 0.1) is 11.8 Å². The molecule has 2 aliphatic heterocycles. The van der Waals surface area contributed by atoms with Gasteiger partial charge in [0.25, 0.3) is 0 Å². The SMILES string of the molecule is CC(=O)Oc1cc(O)c2c3c1O[C@H]1[C@H](N(CC(C)C)C(=O)/C=C/c4cc(Br)cs4)CC[C@H]4[C@@H](C2)N(C)CC[C@@]341. The Bertz CT molecular complexity index is 1360. The standard InChI is InChI=1S/C30H35BrN2O5S/c1-16(2)14-33(26(36)8-5-19-11-18(31)15-39-19)22-7-6-21-23-12-20-24(35)13-25(37-17(3)34)28-27(20)30(21,29(22)38-28)9-10-32(23)4/h5,8,11,13,15-16,21-23,29,35H,6-7,9-10,12,14H2,1-4H3/b8-5+/t21-,22+,23+,29-,30-/m0/s1. The van der Waals surface area contributed by atoms with Crippen LogP contribution in [0.4, 0.5) is 0 Å². The van der Waals surface area contributed by atoms with Crippen LogP contribution in [0.1, 0.15) is 56.0 Å². The summed E-state index contributed by atoms with van der Waals surface area (Å²) in [5, 5.41) is 13.1. The number of carbonyl (C=O) groups is 2. The molecule has 3 heterocycles. The van der Waals surface area contributed by atoms with E-state index in [2.05, 4.69) is 41.7 Å². The van der Waals surface area contributed by atoms with Gasteiger partial charge in [0.2, 0.25) is 5.91 Å². The van der Waals surface area contributed by atoms with Gasteiger partial charge in [-0.25, -0.2) is 0 Å². The van der Waals surface area contributed by atoms with E-state index in [4.69, 9.17) is 9.47 Å². The van der Waals surface area contributed by atoms with Crippen LogP contribution in [-0.4, -0.2) is 65.1 Å². The van der Waals surface area contributed by atoms with Gasteiger partial charge in [0.1, 0.15) is 11.9 Å². The van der Waals surface area contributed by atoms with E-state index in [1.54, 1.807) is 17.4 Å². The lowest BCUT2D eigenvalue weighted by molar-refractivity contribution is -0.138. The summed E-state index contributed by atoms with van der Waals surface area (Å²) in [6, 6.07) is 3.70. The van der Waals surface area contributed by atoms with Gasteiger partial charge in [0.05, 0.1) is 6.04 Å². The number of hydrogen-bond acceptors (Lipinski definition) is 7. The second-order valence-electron chi connectivity index (χ2n) is 11.9. The predicted molar refractivity (Wildman–Crippen MR) is 154 cm³/mol. The summed E-state index contributed by atoms with van der Waals surface area (Å²) >= 11 is 5.08. The number of nitrogens with zero attached hydrogens (tertiary/aromatic N) is 2. The van der Waals surface area contributed by atoms with Crippen molar-refractivity contribution in [3.8, 4) is 17.2 Å². The molecule has 2 aromatic rings. The average molecular weight is 616 g/mol. The molecule has 1 aromatic heterocycles. The van der Waals surface area contributed by atoms with Gasteiger partial charge in [0, 0.05) is 62.9 Å². The van der Waals surface area contributed by atoms with Crippen molar-refractivity contribution in [1.82, 2.24) is 9.80 Å². The van der Waals surface area contributed by atoms with E-state index in [0.717, 1.165) is 52.7 Å². The van der Waals surface area contributed by atoms with E-state index < -0.39 is 5.97 Å². The van der Waals surface area contributed by atoms with Crippen LogP contribution in [0.15, 0.2) is 28.1 Å². The molecule has 2 bridgehead atoms. The third kappa shape index (κ3) is 4.32. The first kappa shape index (κ1) is 26.8. The molecule has 9 heteroatoms. The summed E-state index contributed by atoms with van der Waals surface area (Å²) in [6.45, 7) is 7.17. The van der Waals surface area contributed by atoms with Gasteiger partial charge in [-0.3, -0.25) is 9.59 Å². The molecular weight excluding hydrogens is 580 g/mol. The minimum Gasteiger partial charge on any atom is -0.508 e. The normalized spacial score (nSPS) is 28.9. The van der Waals surface area contributed by atoms with Crippen LogP contribution in [0.5, 0.6) is 17.2 Å². The number of rotatable bonds is 6. The Morgan fingerprint density at radius 3 is 2.85 bits per heavy atom. The molecule has 6 rings (SSSR count). The number of halogens is 1. The zero-order valence-corrected chi connectivity index (χ0v) is 25.2. The molecule has 0 unspecified atom stereocenters. The van der Waals surface area contributed by atoms with Crippen LogP contribution in [0.3, 0.4) is 0 Å². The maximum absolute atomic E-state index is 13.8. The van der Waals surface area contributed by atoms with Crippen molar-refractivity contribution in [2.45, 2.75) is 70.1 Å². The highest BCUT2D eigenvalue weighted by atomic mass is 79.9. The number of hydrogen-bond donors (Lipinski definition) is 1. The second kappa shape index (κ2) is 9.93. The molecule has 2 aliphatic carbocycles. The monoisotopic (exact) mass is 614 g/mol. The Kier molecular flexibility index (Phi) is 6.83. The summed E-state index contributed by atoms with van der Waals surface area (Å²) in [4.78, 5) is 31.3. The van der Waals surface area contributed by atoms with Gasteiger partial charge in [-0.15, -0.1) is 11.3 Å². The van der Waals surface area contributed by atoms with Crippen LogP contribution in [-0.2, 0) is 21.4 Å². The van der Waals surface area contributed by atoms with E-state index >= 15 is 0 Å². The average Bonchev–Trinajstić information content (AvgIpc) is 3.45. The number of likely N-dealkylation sites (tertiary alicyclic amines) is 1.